The summed E-state index contributed by atoms with van der Waals surface area (Å²) in [6.45, 7) is 1.44. The van der Waals surface area contributed by atoms with Crippen molar-refractivity contribution in [2.24, 2.45) is 5.73 Å². The molecule has 3 heterocycles. The van der Waals surface area contributed by atoms with E-state index in [4.69, 9.17) is 10.7 Å². The van der Waals surface area contributed by atoms with E-state index in [9.17, 15) is 9.59 Å². The lowest BCUT2D eigenvalue weighted by molar-refractivity contribution is -0.131. The van der Waals surface area contributed by atoms with Gasteiger partial charge in [-0.05, 0) is 48.7 Å². The monoisotopic (exact) mass is 400 g/mol. The fourth-order valence-electron chi connectivity index (χ4n) is 3.91. The van der Waals surface area contributed by atoms with Crippen LogP contribution in [-0.2, 0) is 11.2 Å². The number of pyridine rings is 2. The van der Waals surface area contributed by atoms with Gasteiger partial charge in [-0.25, -0.2) is 0 Å². The number of rotatable bonds is 5. The Morgan fingerprint density at radius 3 is 2.77 bits per heavy atom. The molecular weight excluding hydrogens is 376 g/mol. The molecule has 3 aromatic rings. The number of hydrogen-bond donors (Lipinski definition) is 1. The van der Waals surface area contributed by atoms with Gasteiger partial charge in [0.2, 0.25) is 11.8 Å². The number of aromatic nitrogens is 2. The van der Waals surface area contributed by atoms with Crippen molar-refractivity contribution in [2.75, 3.05) is 13.1 Å². The van der Waals surface area contributed by atoms with E-state index in [1.54, 1.807) is 24.5 Å². The first-order valence-electron chi connectivity index (χ1n) is 10.1. The number of piperidine rings is 1. The van der Waals surface area contributed by atoms with Crippen LogP contribution in [0.3, 0.4) is 0 Å². The predicted molar refractivity (Wildman–Crippen MR) is 115 cm³/mol. The van der Waals surface area contributed by atoms with Crippen molar-refractivity contribution >= 4 is 11.8 Å². The first-order chi connectivity index (χ1) is 14.6. The van der Waals surface area contributed by atoms with Crippen molar-refractivity contribution in [1.29, 1.82) is 0 Å². The lowest BCUT2D eigenvalue weighted by Crippen LogP contribution is -2.40. The highest BCUT2D eigenvalue weighted by Crippen LogP contribution is 2.28. The lowest BCUT2D eigenvalue weighted by atomic mass is 9.93. The zero-order valence-corrected chi connectivity index (χ0v) is 16.7. The summed E-state index contributed by atoms with van der Waals surface area (Å²) in [5, 5.41) is 0. The average Bonchev–Trinajstić information content (AvgIpc) is 2.80. The first kappa shape index (κ1) is 19.8. The van der Waals surface area contributed by atoms with Gasteiger partial charge in [-0.2, -0.15) is 0 Å². The van der Waals surface area contributed by atoms with Crippen LogP contribution in [0.4, 0.5) is 0 Å². The Balaban J connectivity index is 1.50. The van der Waals surface area contributed by atoms with Gasteiger partial charge in [0, 0.05) is 48.2 Å². The van der Waals surface area contributed by atoms with Crippen LogP contribution in [0, 0.1) is 0 Å². The van der Waals surface area contributed by atoms with Crippen LogP contribution in [0.25, 0.3) is 11.3 Å². The molecule has 0 bridgehead atoms. The van der Waals surface area contributed by atoms with Crippen molar-refractivity contribution < 1.29 is 9.59 Å². The summed E-state index contributed by atoms with van der Waals surface area (Å²) >= 11 is 0. The standard InChI is InChI=1S/C24H24N4O2/c25-24(30)19-7-1-6-18(14-19)21-9-2-10-22(27-21)20-8-4-12-28(16-20)23(29)13-17-5-3-11-26-15-17/h1-3,5-7,9-11,14-15,20H,4,8,12-13,16H2,(H2,25,30). The Morgan fingerprint density at radius 1 is 1.10 bits per heavy atom. The van der Waals surface area contributed by atoms with Crippen molar-refractivity contribution in [1.82, 2.24) is 14.9 Å². The van der Waals surface area contributed by atoms with Gasteiger partial charge in [-0.3, -0.25) is 19.6 Å². The predicted octanol–water partition coefficient (Wildman–Crippen LogP) is 3.19. The van der Waals surface area contributed by atoms with Crippen LogP contribution >= 0.6 is 0 Å². The van der Waals surface area contributed by atoms with Crippen molar-refractivity contribution in [3.63, 3.8) is 0 Å². The summed E-state index contributed by atoms with van der Waals surface area (Å²) in [5.74, 6) is -0.142. The minimum absolute atomic E-state index is 0.123. The van der Waals surface area contributed by atoms with Crippen LogP contribution in [0.15, 0.2) is 67.0 Å². The fraction of sp³-hybridized carbons (Fsp3) is 0.250. The van der Waals surface area contributed by atoms with Crippen LogP contribution in [-0.4, -0.2) is 39.8 Å². The van der Waals surface area contributed by atoms with Crippen molar-refractivity contribution in [2.45, 2.75) is 25.2 Å². The first-order valence-corrected chi connectivity index (χ1v) is 10.1. The number of amides is 2. The second kappa shape index (κ2) is 8.86. The van der Waals surface area contributed by atoms with Crippen LogP contribution < -0.4 is 5.73 Å². The number of carbonyl (C=O) groups is 2. The zero-order valence-electron chi connectivity index (χ0n) is 16.7. The van der Waals surface area contributed by atoms with Gasteiger partial charge >= 0.3 is 0 Å². The molecule has 30 heavy (non-hydrogen) atoms. The normalized spacial score (nSPS) is 16.3. The van der Waals surface area contributed by atoms with Gasteiger partial charge in [-0.1, -0.05) is 24.3 Å². The second-order valence-electron chi connectivity index (χ2n) is 7.61. The molecule has 6 heteroatoms. The molecule has 0 radical (unpaired) electrons. The van der Waals surface area contributed by atoms with Crippen LogP contribution in [0.1, 0.15) is 40.4 Å². The molecule has 2 aromatic heterocycles. The molecule has 6 nitrogen and oxygen atoms in total. The summed E-state index contributed by atoms with van der Waals surface area (Å²) < 4.78 is 0. The lowest BCUT2D eigenvalue weighted by Gasteiger charge is -2.32. The third-order valence-electron chi connectivity index (χ3n) is 5.48. The summed E-state index contributed by atoms with van der Waals surface area (Å²) in [6.07, 6.45) is 5.77. The topological polar surface area (TPSA) is 89.2 Å². The summed E-state index contributed by atoms with van der Waals surface area (Å²) in [7, 11) is 0. The third-order valence-corrected chi connectivity index (χ3v) is 5.48. The van der Waals surface area contributed by atoms with Gasteiger partial charge in [0.05, 0.1) is 12.1 Å². The highest BCUT2D eigenvalue weighted by atomic mass is 16.2. The Kier molecular flexibility index (Phi) is 5.84. The maximum absolute atomic E-state index is 12.8. The second-order valence-corrected chi connectivity index (χ2v) is 7.61. The van der Waals surface area contributed by atoms with E-state index in [-0.39, 0.29) is 11.8 Å². The van der Waals surface area contributed by atoms with Crippen molar-refractivity contribution in [3.05, 3.63) is 83.8 Å². The smallest absolute Gasteiger partial charge is 0.248 e. The molecule has 4 rings (SSSR count). The van der Waals surface area contributed by atoms with E-state index in [1.807, 2.05) is 47.4 Å². The Bertz CT molecular complexity index is 1050. The molecule has 1 aliphatic rings. The minimum atomic E-state index is -0.456. The number of nitrogens with zero attached hydrogens (tertiary/aromatic N) is 3. The van der Waals surface area contributed by atoms with E-state index in [0.717, 1.165) is 41.9 Å². The zero-order chi connectivity index (χ0) is 20.9. The van der Waals surface area contributed by atoms with Gasteiger partial charge < -0.3 is 10.6 Å². The van der Waals surface area contributed by atoms with Gasteiger partial charge in [0.25, 0.3) is 0 Å². The SMILES string of the molecule is NC(=O)c1cccc(-c2cccc(C3CCCN(C(=O)Cc4cccnc4)C3)n2)c1. The molecule has 0 spiro atoms. The van der Waals surface area contributed by atoms with E-state index >= 15 is 0 Å². The quantitative estimate of drug-likeness (QED) is 0.712. The molecule has 1 fully saturated rings. The molecule has 0 aliphatic carbocycles. The number of carbonyl (C=O) groups excluding carboxylic acids is 2. The molecule has 1 unspecified atom stereocenters. The summed E-state index contributed by atoms with van der Waals surface area (Å²) in [6, 6.07) is 16.9. The molecule has 1 saturated heterocycles. The van der Waals surface area contributed by atoms with Crippen LogP contribution in [0.2, 0.25) is 0 Å². The summed E-state index contributed by atoms with van der Waals surface area (Å²) in [5.41, 5.74) is 9.42. The van der Waals surface area contributed by atoms with Gasteiger partial charge in [0.15, 0.2) is 0 Å². The maximum Gasteiger partial charge on any atom is 0.248 e. The molecule has 1 atom stereocenters. The van der Waals surface area contributed by atoms with E-state index in [2.05, 4.69) is 4.98 Å². The van der Waals surface area contributed by atoms with E-state index < -0.39 is 5.91 Å². The maximum atomic E-state index is 12.8. The molecule has 2 N–H and O–H groups in total. The van der Waals surface area contributed by atoms with E-state index in [0.29, 0.717) is 18.5 Å². The van der Waals surface area contributed by atoms with Gasteiger partial charge in [0.1, 0.15) is 0 Å². The highest BCUT2D eigenvalue weighted by Gasteiger charge is 2.25. The number of benzene rings is 1. The average molecular weight is 400 g/mol. The number of hydrogen-bond acceptors (Lipinski definition) is 4. The van der Waals surface area contributed by atoms with Crippen LogP contribution in [0.5, 0.6) is 0 Å². The molecular formula is C24H24N4O2. The van der Waals surface area contributed by atoms with Gasteiger partial charge in [-0.15, -0.1) is 0 Å². The molecule has 152 valence electrons. The number of nitrogens with two attached hydrogens (primary N) is 1. The highest BCUT2D eigenvalue weighted by molar-refractivity contribution is 5.94. The summed E-state index contributed by atoms with van der Waals surface area (Å²) in [4.78, 5) is 35.1. The Hall–Kier alpha value is -3.54. The molecule has 0 saturated carbocycles. The Labute approximate surface area is 175 Å². The van der Waals surface area contributed by atoms with E-state index in [1.165, 1.54) is 0 Å². The minimum Gasteiger partial charge on any atom is -0.366 e. The molecule has 2 amide bonds. The third kappa shape index (κ3) is 4.54. The largest absolute Gasteiger partial charge is 0.366 e. The van der Waals surface area contributed by atoms with Crippen molar-refractivity contribution in [3.8, 4) is 11.3 Å². The number of likely N-dealkylation sites (tertiary alicyclic amines) is 1. The molecule has 1 aliphatic heterocycles. The number of primary amides is 1. The fourth-order valence-corrected chi connectivity index (χ4v) is 3.91. The molecule has 1 aromatic carbocycles. The Morgan fingerprint density at radius 2 is 1.97 bits per heavy atom.